The fraction of sp³-hybridized carbons (Fsp3) is 0.455. The molecule has 0 unspecified atom stereocenters. The van der Waals surface area contributed by atoms with E-state index in [9.17, 15) is 5.11 Å². The van der Waals surface area contributed by atoms with Crippen LogP contribution in [0.15, 0.2) is 18.2 Å². The molecule has 1 aromatic rings. The molecule has 78 valence electrons. The molecule has 1 rings (SSSR count). The lowest BCUT2D eigenvalue weighted by atomic mass is 10.1. The molecule has 0 saturated heterocycles. The second-order valence-corrected chi connectivity index (χ2v) is 3.06. The van der Waals surface area contributed by atoms with Crippen molar-refractivity contribution in [3.8, 4) is 11.5 Å². The fourth-order valence-corrected chi connectivity index (χ4v) is 1.27. The number of aliphatic hydroxyl groups excluding tert-OH is 1. The lowest BCUT2D eigenvalue weighted by molar-refractivity contribution is 0.288. The van der Waals surface area contributed by atoms with Crippen molar-refractivity contribution >= 4 is 0 Å². The Hall–Kier alpha value is -1.22. The minimum atomic E-state index is 0.166. The van der Waals surface area contributed by atoms with Crippen LogP contribution in [0.1, 0.15) is 18.9 Å². The van der Waals surface area contributed by atoms with Crippen molar-refractivity contribution in [1.29, 1.82) is 0 Å². The highest BCUT2D eigenvalue weighted by molar-refractivity contribution is 5.41. The highest BCUT2D eigenvalue weighted by Crippen LogP contribution is 2.27. The number of phenolic OH excluding ortho intramolecular Hbond substituents is 1. The summed E-state index contributed by atoms with van der Waals surface area (Å²) in [7, 11) is 0. The summed E-state index contributed by atoms with van der Waals surface area (Å²) in [4.78, 5) is 0. The monoisotopic (exact) mass is 196 g/mol. The maximum absolute atomic E-state index is 9.42. The van der Waals surface area contributed by atoms with Crippen LogP contribution < -0.4 is 4.74 Å². The largest absolute Gasteiger partial charge is 0.504 e. The molecular formula is C11H16O3. The van der Waals surface area contributed by atoms with Crippen LogP contribution in [0.25, 0.3) is 0 Å². The Balaban J connectivity index is 2.72. The lowest BCUT2D eigenvalue weighted by Crippen LogP contribution is -1.94. The van der Waals surface area contributed by atoms with E-state index in [2.05, 4.69) is 0 Å². The first kappa shape index (κ1) is 10.9. The molecule has 0 spiro atoms. The summed E-state index contributed by atoms with van der Waals surface area (Å²) in [5.41, 5.74) is 1.07. The maximum Gasteiger partial charge on any atom is 0.161 e. The molecule has 0 atom stereocenters. The first-order valence-electron chi connectivity index (χ1n) is 4.83. The molecule has 0 bridgehead atoms. The van der Waals surface area contributed by atoms with E-state index < -0.39 is 0 Å². The number of ether oxygens (including phenoxy) is 1. The molecule has 14 heavy (non-hydrogen) atoms. The van der Waals surface area contributed by atoms with Crippen LogP contribution in [-0.4, -0.2) is 23.4 Å². The van der Waals surface area contributed by atoms with Gasteiger partial charge in [0.15, 0.2) is 11.5 Å². The Morgan fingerprint density at radius 3 is 2.79 bits per heavy atom. The zero-order valence-electron chi connectivity index (χ0n) is 8.36. The molecule has 3 nitrogen and oxygen atoms in total. The van der Waals surface area contributed by atoms with E-state index >= 15 is 0 Å². The number of aryl methyl sites for hydroxylation is 1. The Bertz CT molecular complexity index is 284. The van der Waals surface area contributed by atoms with E-state index in [1.165, 1.54) is 0 Å². The van der Waals surface area contributed by atoms with Gasteiger partial charge in [0.1, 0.15) is 0 Å². The number of hydrogen-bond acceptors (Lipinski definition) is 3. The summed E-state index contributed by atoms with van der Waals surface area (Å²) in [6.45, 7) is 2.60. The van der Waals surface area contributed by atoms with Crippen molar-refractivity contribution in [2.75, 3.05) is 13.2 Å². The third-order valence-corrected chi connectivity index (χ3v) is 1.95. The molecule has 0 aliphatic carbocycles. The summed E-state index contributed by atoms with van der Waals surface area (Å²) in [6, 6.07) is 5.28. The number of rotatable bonds is 5. The lowest BCUT2D eigenvalue weighted by Gasteiger charge is -2.07. The SMILES string of the molecule is CCOc1cc(CCCO)ccc1O. The van der Waals surface area contributed by atoms with Crippen molar-refractivity contribution in [2.24, 2.45) is 0 Å². The Morgan fingerprint density at radius 2 is 2.14 bits per heavy atom. The Labute approximate surface area is 84.0 Å². The summed E-state index contributed by atoms with van der Waals surface area (Å²) < 4.78 is 5.24. The van der Waals surface area contributed by atoms with E-state index in [1.807, 2.05) is 19.1 Å². The van der Waals surface area contributed by atoms with Gasteiger partial charge in [0.25, 0.3) is 0 Å². The zero-order chi connectivity index (χ0) is 10.4. The van der Waals surface area contributed by atoms with Crippen LogP contribution in [0.3, 0.4) is 0 Å². The van der Waals surface area contributed by atoms with Gasteiger partial charge in [-0.3, -0.25) is 0 Å². The predicted molar refractivity (Wildman–Crippen MR) is 54.7 cm³/mol. The van der Waals surface area contributed by atoms with Gasteiger partial charge < -0.3 is 14.9 Å². The van der Waals surface area contributed by atoms with Crippen molar-refractivity contribution in [1.82, 2.24) is 0 Å². The van der Waals surface area contributed by atoms with Crippen LogP contribution in [0.2, 0.25) is 0 Å². The zero-order valence-corrected chi connectivity index (χ0v) is 8.36. The number of benzene rings is 1. The third-order valence-electron chi connectivity index (χ3n) is 1.95. The quantitative estimate of drug-likeness (QED) is 0.753. The van der Waals surface area contributed by atoms with Crippen LogP contribution >= 0.6 is 0 Å². The third kappa shape index (κ3) is 2.92. The standard InChI is InChI=1S/C11H16O3/c1-2-14-11-8-9(4-3-7-12)5-6-10(11)13/h5-6,8,12-13H,2-4,7H2,1H3. The summed E-state index contributed by atoms with van der Waals surface area (Å²) in [5, 5.41) is 18.1. The number of phenols is 1. The average Bonchev–Trinajstić information content (AvgIpc) is 2.19. The maximum atomic E-state index is 9.42. The summed E-state index contributed by atoms with van der Waals surface area (Å²) in [5.74, 6) is 0.683. The van der Waals surface area contributed by atoms with E-state index in [0.29, 0.717) is 12.4 Å². The molecule has 3 heteroatoms. The molecule has 2 N–H and O–H groups in total. The predicted octanol–water partition coefficient (Wildman–Crippen LogP) is 1.72. The van der Waals surface area contributed by atoms with Gasteiger partial charge in [0, 0.05) is 6.61 Å². The highest BCUT2D eigenvalue weighted by Gasteiger charge is 2.02. The molecule has 0 radical (unpaired) electrons. The second kappa shape index (κ2) is 5.50. The van der Waals surface area contributed by atoms with Crippen molar-refractivity contribution in [2.45, 2.75) is 19.8 Å². The van der Waals surface area contributed by atoms with Gasteiger partial charge in [-0.25, -0.2) is 0 Å². The topological polar surface area (TPSA) is 49.7 Å². The van der Waals surface area contributed by atoms with Gasteiger partial charge in [-0.15, -0.1) is 0 Å². The number of aliphatic hydroxyl groups is 1. The smallest absolute Gasteiger partial charge is 0.161 e. The van der Waals surface area contributed by atoms with E-state index in [-0.39, 0.29) is 12.4 Å². The summed E-state index contributed by atoms with van der Waals surface area (Å²) >= 11 is 0. The molecule has 0 heterocycles. The van der Waals surface area contributed by atoms with Crippen LogP contribution in [0, 0.1) is 0 Å². The highest BCUT2D eigenvalue weighted by atomic mass is 16.5. The molecular weight excluding hydrogens is 180 g/mol. The molecule has 0 aliphatic heterocycles. The molecule has 0 aromatic heterocycles. The molecule has 0 aliphatic rings. The van der Waals surface area contributed by atoms with Gasteiger partial charge in [-0.1, -0.05) is 6.07 Å². The fourth-order valence-electron chi connectivity index (χ4n) is 1.27. The number of hydrogen-bond donors (Lipinski definition) is 2. The second-order valence-electron chi connectivity index (χ2n) is 3.06. The van der Waals surface area contributed by atoms with E-state index in [1.54, 1.807) is 6.07 Å². The van der Waals surface area contributed by atoms with Crippen molar-refractivity contribution in [3.05, 3.63) is 23.8 Å². The van der Waals surface area contributed by atoms with Gasteiger partial charge in [0.05, 0.1) is 6.61 Å². The Kier molecular flexibility index (Phi) is 4.26. The van der Waals surface area contributed by atoms with Crippen molar-refractivity contribution < 1.29 is 14.9 Å². The normalized spacial score (nSPS) is 10.1. The van der Waals surface area contributed by atoms with E-state index in [0.717, 1.165) is 18.4 Å². The van der Waals surface area contributed by atoms with E-state index in [4.69, 9.17) is 9.84 Å². The molecule has 0 fully saturated rings. The minimum absolute atomic E-state index is 0.166. The van der Waals surface area contributed by atoms with Gasteiger partial charge in [-0.2, -0.15) is 0 Å². The van der Waals surface area contributed by atoms with Crippen LogP contribution in [-0.2, 0) is 6.42 Å². The van der Waals surface area contributed by atoms with Gasteiger partial charge >= 0.3 is 0 Å². The van der Waals surface area contributed by atoms with Crippen LogP contribution in [0.5, 0.6) is 11.5 Å². The van der Waals surface area contributed by atoms with Gasteiger partial charge in [0.2, 0.25) is 0 Å². The van der Waals surface area contributed by atoms with Crippen molar-refractivity contribution in [3.63, 3.8) is 0 Å². The van der Waals surface area contributed by atoms with Crippen LogP contribution in [0.4, 0.5) is 0 Å². The molecule has 0 saturated carbocycles. The molecule has 1 aromatic carbocycles. The average molecular weight is 196 g/mol. The minimum Gasteiger partial charge on any atom is -0.504 e. The first-order chi connectivity index (χ1) is 6.77. The first-order valence-corrected chi connectivity index (χ1v) is 4.83. The summed E-state index contributed by atoms with van der Waals surface area (Å²) in [6.07, 6.45) is 1.53. The molecule has 0 amide bonds. The Morgan fingerprint density at radius 1 is 1.36 bits per heavy atom. The van der Waals surface area contributed by atoms with Gasteiger partial charge in [-0.05, 0) is 37.5 Å². The number of aromatic hydroxyl groups is 1.